The Labute approximate surface area is 128 Å². The molecule has 2 heterocycles. The summed E-state index contributed by atoms with van der Waals surface area (Å²) in [4.78, 5) is 9.16. The number of piperidine rings is 1. The molecule has 1 saturated heterocycles. The predicted molar refractivity (Wildman–Crippen MR) is 86.6 cm³/mol. The molecule has 0 aliphatic carbocycles. The molecule has 0 radical (unpaired) electrons. The first-order valence-electron chi connectivity index (χ1n) is 7.92. The largest absolute Gasteiger partial charge is 0.432 e. The maximum Gasteiger partial charge on any atom is 0.297 e. The number of oxazole rings is 1. The highest BCUT2D eigenvalue weighted by atomic mass is 16.4. The molecule has 0 amide bonds. The summed E-state index contributed by atoms with van der Waals surface area (Å²) in [7, 11) is 4.30. The van der Waals surface area contributed by atoms with Gasteiger partial charge in [0.2, 0.25) is 0 Å². The second-order valence-electron chi connectivity index (χ2n) is 7.42. The maximum atomic E-state index is 5.65. The third-order valence-corrected chi connectivity index (χ3v) is 3.85. The molecule has 1 aliphatic heterocycles. The average Bonchev–Trinajstić information content (AvgIpc) is 2.84. The van der Waals surface area contributed by atoms with Crippen molar-refractivity contribution in [3.05, 3.63) is 12.0 Å². The molecule has 5 heteroatoms. The van der Waals surface area contributed by atoms with E-state index >= 15 is 0 Å². The summed E-state index contributed by atoms with van der Waals surface area (Å²) in [6.07, 6.45) is 4.21. The minimum atomic E-state index is 0.101. The van der Waals surface area contributed by atoms with Crippen LogP contribution in [0.25, 0.3) is 0 Å². The molecule has 1 fully saturated rings. The van der Waals surface area contributed by atoms with Crippen LogP contribution in [0.3, 0.4) is 0 Å². The smallest absolute Gasteiger partial charge is 0.297 e. The van der Waals surface area contributed by atoms with Gasteiger partial charge in [0.25, 0.3) is 6.01 Å². The number of nitrogens with one attached hydrogen (secondary N) is 1. The molecule has 120 valence electrons. The molecule has 0 aromatic carbocycles. The first-order chi connectivity index (χ1) is 9.83. The maximum absolute atomic E-state index is 5.65. The van der Waals surface area contributed by atoms with E-state index in [1.807, 2.05) is 0 Å². The first-order valence-corrected chi connectivity index (χ1v) is 7.92. The van der Waals surface area contributed by atoms with Crippen molar-refractivity contribution in [2.45, 2.75) is 45.7 Å². The normalized spacial score (nSPS) is 17.7. The Morgan fingerprint density at radius 3 is 2.57 bits per heavy atom. The van der Waals surface area contributed by atoms with E-state index in [1.165, 1.54) is 19.4 Å². The number of aromatic nitrogens is 1. The third-order valence-electron chi connectivity index (χ3n) is 3.85. The SMILES string of the molecule is CN(C)CC1CCN(c2nc(CNC(C)(C)C)co2)CC1. The van der Waals surface area contributed by atoms with Crippen molar-refractivity contribution in [3.63, 3.8) is 0 Å². The topological polar surface area (TPSA) is 44.5 Å². The van der Waals surface area contributed by atoms with E-state index in [1.54, 1.807) is 6.26 Å². The Bertz CT molecular complexity index is 428. The van der Waals surface area contributed by atoms with Gasteiger partial charge in [-0.05, 0) is 53.6 Å². The highest BCUT2D eigenvalue weighted by Gasteiger charge is 2.22. The number of nitrogens with zero attached hydrogens (tertiary/aromatic N) is 3. The Kier molecular flexibility index (Phi) is 5.27. The van der Waals surface area contributed by atoms with Crippen LogP contribution in [-0.2, 0) is 6.54 Å². The minimum Gasteiger partial charge on any atom is -0.432 e. The molecule has 21 heavy (non-hydrogen) atoms. The molecule has 0 atom stereocenters. The van der Waals surface area contributed by atoms with Gasteiger partial charge in [0.15, 0.2) is 0 Å². The highest BCUT2D eigenvalue weighted by molar-refractivity contribution is 5.27. The summed E-state index contributed by atoms with van der Waals surface area (Å²) >= 11 is 0. The van der Waals surface area contributed by atoms with E-state index in [2.05, 4.69) is 55.0 Å². The van der Waals surface area contributed by atoms with Crippen LogP contribution in [0.1, 0.15) is 39.3 Å². The second kappa shape index (κ2) is 6.79. The standard InChI is InChI=1S/C16H30N4O/c1-16(2,3)17-10-14-12-21-15(18-14)20-8-6-13(7-9-20)11-19(4)5/h12-13,17H,6-11H2,1-5H3. The van der Waals surface area contributed by atoms with E-state index < -0.39 is 0 Å². The van der Waals surface area contributed by atoms with Gasteiger partial charge >= 0.3 is 0 Å². The van der Waals surface area contributed by atoms with Crippen LogP contribution in [0.4, 0.5) is 6.01 Å². The Morgan fingerprint density at radius 1 is 1.33 bits per heavy atom. The van der Waals surface area contributed by atoms with Gasteiger partial charge < -0.3 is 19.5 Å². The van der Waals surface area contributed by atoms with Crippen LogP contribution >= 0.6 is 0 Å². The van der Waals surface area contributed by atoms with Crippen LogP contribution in [-0.4, -0.2) is 49.2 Å². The van der Waals surface area contributed by atoms with Crippen LogP contribution < -0.4 is 10.2 Å². The minimum absolute atomic E-state index is 0.101. The molecule has 0 bridgehead atoms. The van der Waals surface area contributed by atoms with E-state index in [-0.39, 0.29) is 5.54 Å². The van der Waals surface area contributed by atoms with Gasteiger partial charge in [-0.1, -0.05) is 0 Å². The molecular formula is C16H30N4O. The van der Waals surface area contributed by atoms with Crippen molar-refractivity contribution in [1.82, 2.24) is 15.2 Å². The zero-order chi connectivity index (χ0) is 15.5. The molecule has 1 aromatic heterocycles. The Morgan fingerprint density at radius 2 is 2.00 bits per heavy atom. The fraction of sp³-hybridized carbons (Fsp3) is 0.812. The van der Waals surface area contributed by atoms with Crippen molar-refractivity contribution >= 4 is 6.01 Å². The van der Waals surface area contributed by atoms with Crippen molar-refractivity contribution in [2.75, 3.05) is 38.6 Å². The summed E-state index contributed by atoms with van der Waals surface area (Å²) in [5.41, 5.74) is 1.08. The van der Waals surface area contributed by atoms with Crippen LogP contribution in [0.2, 0.25) is 0 Å². The van der Waals surface area contributed by atoms with Crippen molar-refractivity contribution in [1.29, 1.82) is 0 Å². The van der Waals surface area contributed by atoms with Crippen molar-refractivity contribution < 1.29 is 4.42 Å². The molecular weight excluding hydrogens is 264 g/mol. The summed E-state index contributed by atoms with van der Waals surface area (Å²) in [5.74, 6) is 0.799. The van der Waals surface area contributed by atoms with Crippen molar-refractivity contribution in [3.8, 4) is 0 Å². The molecule has 5 nitrogen and oxygen atoms in total. The zero-order valence-electron chi connectivity index (χ0n) is 14.1. The number of hydrogen-bond acceptors (Lipinski definition) is 5. The Balaban J connectivity index is 1.82. The fourth-order valence-corrected chi connectivity index (χ4v) is 2.70. The van der Waals surface area contributed by atoms with Gasteiger partial charge in [-0.15, -0.1) is 0 Å². The zero-order valence-corrected chi connectivity index (χ0v) is 14.1. The van der Waals surface area contributed by atoms with Crippen LogP contribution in [0, 0.1) is 5.92 Å². The summed E-state index contributed by atoms with van der Waals surface area (Å²) in [6, 6.07) is 0.781. The lowest BCUT2D eigenvalue weighted by Crippen LogP contribution is -2.37. The van der Waals surface area contributed by atoms with Gasteiger partial charge in [0.05, 0.1) is 5.69 Å². The molecule has 0 spiro atoms. The van der Waals surface area contributed by atoms with E-state index in [4.69, 9.17) is 4.42 Å². The van der Waals surface area contributed by atoms with Gasteiger partial charge in [-0.25, -0.2) is 0 Å². The second-order valence-corrected chi connectivity index (χ2v) is 7.42. The van der Waals surface area contributed by atoms with Gasteiger partial charge in [0, 0.05) is 31.7 Å². The predicted octanol–water partition coefficient (Wildman–Crippen LogP) is 2.34. The van der Waals surface area contributed by atoms with Crippen molar-refractivity contribution in [2.24, 2.45) is 5.92 Å². The quantitative estimate of drug-likeness (QED) is 0.903. The third kappa shape index (κ3) is 5.32. The summed E-state index contributed by atoms with van der Waals surface area (Å²) in [5, 5.41) is 3.44. The molecule has 1 N–H and O–H groups in total. The monoisotopic (exact) mass is 294 g/mol. The Hall–Kier alpha value is -1.07. The van der Waals surface area contributed by atoms with Gasteiger partial charge in [-0.2, -0.15) is 4.98 Å². The first kappa shape index (κ1) is 16.3. The molecule has 0 unspecified atom stereocenters. The average molecular weight is 294 g/mol. The summed E-state index contributed by atoms with van der Waals surface area (Å²) < 4.78 is 5.65. The lowest BCUT2D eigenvalue weighted by molar-refractivity contribution is 0.281. The van der Waals surface area contributed by atoms with Crippen LogP contribution in [0.5, 0.6) is 0 Å². The van der Waals surface area contributed by atoms with Gasteiger partial charge in [-0.3, -0.25) is 0 Å². The number of anilines is 1. The molecule has 2 rings (SSSR count). The van der Waals surface area contributed by atoms with E-state index in [0.717, 1.165) is 37.3 Å². The van der Waals surface area contributed by atoms with E-state index in [0.29, 0.717) is 0 Å². The highest BCUT2D eigenvalue weighted by Crippen LogP contribution is 2.23. The van der Waals surface area contributed by atoms with Gasteiger partial charge in [0.1, 0.15) is 6.26 Å². The summed E-state index contributed by atoms with van der Waals surface area (Å²) in [6.45, 7) is 10.5. The number of rotatable bonds is 5. The lowest BCUT2D eigenvalue weighted by Gasteiger charge is -2.32. The molecule has 1 aliphatic rings. The molecule has 0 saturated carbocycles. The number of hydrogen-bond donors (Lipinski definition) is 1. The molecule has 1 aromatic rings. The fourth-order valence-electron chi connectivity index (χ4n) is 2.70. The van der Waals surface area contributed by atoms with E-state index in [9.17, 15) is 0 Å². The van der Waals surface area contributed by atoms with Crippen LogP contribution in [0.15, 0.2) is 10.7 Å². The lowest BCUT2D eigenvalue weighted by atomic mass is 9.97.